The number of aromatic hydroxyl groups is 2. The number of rotatable bonds is 2. The van der Waals surface area contributed by atoms with Gasteiger partial charge in [-0.3, -0.25) is 4.79 Å². The van der Waals surface area contributed by atoms with Crippen LogP contribution in [0.1, 0.15) is 63.0 Å². The maximum Gasteiger partial charge on any atom is 0.253 e. The second-order valence-electron chi connectivity index (χ2n) is 10.2. The molecule has 5 nitrogen and oxygen atoms in total. The Kier molecular flexibility index (Phi) is 5.76. The lowest BCUT2D eigenvalue weighted by molar-refractivity contribution is 0.0746. The highest BCUT2D eigenvalue weighted by Gasteiger charge is 2.30. The zero-order valence-electron chi connectivity index (χ0n) is 19.0. The predicted octanol–water partition coefficient (Wildman–Crippen LogP) is 4.66. The van der Waals surface area contributed by atoms with Gasteiger partial charge in [0.1, 0.15) is 11.5 Å². The highest BCUT2D eigenvalue weighted by atomic mass is 16.3. The van der Waals surface area contributed by atoms with Gasteiger partial charge in [-0.05, 0) is 35.1 Å². The van der Waals surface area contributed by atoms with Crippen molar-refractivity contribution in [2.24, 2.45) is 0 Å². The fraction of sp³-hybridized carbons (Fsp3) is 0.480. The molecule has 1 amide bonds. The normalized spacial score (nSPS) is 15.4. The van der Waals surface area contributed by atoms with Crippen LogP contribution < -0.4 is 4.90 Å². The van der Waals surface area contributed by atoms with Gasteiger partial charge in [-0.15, -0.1) is 0 Å². The average Bonchev–Trinajstić information content (AvgIpc) is 2.66. The van der Waals surface area contributed by atoms with Crippen LogP contribution in [-0.4, -0.2) is 47.2 Å². The van der Waals surface area contributed by atoms with Crippen LogP contribution in [0.25, 0.3) is 0 Å². The lowest BCUT2D eigenvalue weighted by Crippen LogP contribution is -2.48. The van der Waals surface area contributed by atoms with Crippen molar-refractivity contribution in [3.63, 3.8) is 0 Å². The maximum atomic E-state index is 13.4. The molecule has 0 radical (unpaired) electrons. The highest BCUT2D eigenvalue weighted by Crippen LogP contribution is 2.40. The van der Waals surface area contributed by atoms with Crippen molar-refractivity contribution in [3.05, 3.63) is 53.1 Å². The van der Waals surface area contributed by atoms with Crippen LogP contribution in [0, 0.1) is 0 Å². The van der Waals surface area contributed by atoms with Crippen LogP contribution >= 0.6 is 0 Å². The molecule has 0 spiro atoms. The van der Waals surface area contributed by atoms with Crippen LogP contribution in [0.3, 0.4) is 0 Å². The van der Waals surface area contributed by atoms with Gasteiger partial charge in [0, 0.05) is 54.6 Å². The van der Waals surface area contributed by atoms with E-state index in [-0.39, 0.29) is 22.5 Å². The monoisotopic (exact) mass is 410 g/mol. The molecule has 1 aliphatic rings. The molecular formula is C25H34N2O3. The van der Waals surface area contributed by atoms with Crippen molar-refractivity contribution in [2.45, 2.75) is 52.4 Å². The first kappa shape index (κ1) is 22.0. The number of piperazine rings is 1. The van der Waals surface area contributed by atoms with Crippen molar-refractivity contribution >= 4 is 11.6 Å². The van der Waals surface area contributed by atoms with Gasteiger partial charge in [0.2, 0.25) is 0 Å². The SMILES string of the molecule is CC(C)(C)c1cc(C(=O)N2CCN(c3cccc(O)c3)CC2)cc(C(C)(C)C)c1O. The van der Waals surface area contributed by atoms with Crippen LogP contribution in [0.15, 0.2) is 36.4 Å². The second-order valence-corrected chi connectivity index (χ2v) is 10.2. The summed E-state index contributed by atoms with van der Waals surface area (Å²) in [6.07, 6.45) is 0. The Balaban J connectivity index is 1.85. The highest BCUT2D eigenvalue weighted by molar-refractivity contribution is 5.95. The van der Waals surface area contributed by atoms with Gasteiger partial charge in [0.05, 0.1) is 0 Å². The third-order valence-electron chi connectivity index (χ3n) is 5.73. The standard InChI is InChI=1S/C25H34N2O3/c1-24(2,3)20-14-17(15-21(22(20)29)25(4,5)6)23(30)27-12-10-26(11-13-27)18-8-7-9-19(28)16-18/h7-9,14-16,28-29H,10-13H2,1-6H3. The molecule has 2 aromatic carbocycles. The van der Waals surface area contributed by atoms with Gasteiger partial charge in [0.25, 0.3) is 5.91 Å². The van der Waals surface area contributed by atoms with Crippen LogP contribution in [-0.2, 0) is 10.8 Å². The molecule has 162 valence electrons. The third-order valence-corrected chi connectivity index (χ3v) is 5.73. The van der Waals surface area contributed by atoms with E-state index < -0.39 is 0 Å². The van der Waals surface area contributed by atoms with E-state index in [2.05, 4.69) is 46.4 Å². The molecule has 0 atom stereocenters. The molecule has 1 saturated heterocycles. The predicted molar refractivity (Wildman–Crippen MR) is 122 cm³/mol. The smallest absolute Gasteiger partial charge is 0.253 e. The summed E-state index contributed by atoms with van der Waals surface area (Å²) in [7, 11) is 0. The largest absolute Gasteiger partial charge is 0.508 e. The molecule has 3 rings (SSSR count). The van der Waals surface area contributed by atoms with Gasteiger partial charge in [-0.1, -0.05) is 47.6 Å². The minimum Gasteiger partial charge on any atom is -0.508 e. The van der Waals surface area contributed by atoms with Crippen LogP contribution in [0.5, 0.6) is 11.5 Å². The quantitative estimate of drug-likeness (QED) is 0.756. The summed E-state index contributed by atoms with van der Waals surface area (Å²) in [5.74, 6) is 0.543. The van der Waals surface area contributed by atoms with E-state index in [1.54, 1.807) is 12.1 Å². The number of carbonyl (C=O) groups excluding carboxylic acids is 1. The third kappa shape index (κ3) is 4.55. The molecule has 30 heavy (non-hydrogen) atoms. The Morgan fingerprint density at radius 3 is 1.83 bits per heavy atom. The number of nitrogens with zero attached hydrogens (tertiary/aromatic N) is 2. The Bertz CT molecular complexity index is 895. The molecule has 0 unspecified atom stereocenters. The van der Waals surface area contributed by atoms with Crippen LogP contribution in [0.4, 0.5) is 5.69 Å². The number of phenolic OH excluding ortho intramolecular Hbond substituents is 2. The number of carbonyl (C=O) groups is 1. The number of hydrogen-bond donors (Lipinski definition) is 2. The van der Waals surface area contributed by atoms with Gasteiger partial charge < -0.3 is 20.0 Å². The Morgan fingerprint density at radius 1 is 0.833 bits per heavy atom. The van der Waals surface area contributed by atoms with Crippen molar-refractivity contribution in [1.82, 2.24) is 4.90 Å². The number of phenols is 2. The summed E-state index contributed by atoms with van der Waals surface area (Å²) < 4.78 is 0. The molecule has 0 saturated carbocycles. The fourth-order valence-electron chi connectivity index (χ4n) is 3.94. The summed E-state index contributed by atoms with van der Waals surface area (Å²) >= 11 is 0. The molecule has 0 aromatic heterocycles. The summed E-state index contributed by atoms with van der Waals surface area (Å²) in [6, 6.07) is 10.9. The Labute approximate surface area is 179 Å². The first-order valence-electron chi connectivity index (χ1n) is 10.6. The van der Waals surface area contributed by atoms with Gasteiger partial charge >= 0.3 is 0 Å². The van der Waals surface area contributed by atoms with E-state index >= 15 is 0 Å². The number of amides is 1. The van der Waals surface area contributed by atoms with E-state index in [1.807, 2.05) is 29.2 Å². The van der Waals surface area contributed by atoms with Gasteiger partial charge in [0.15, 0.2) is 0 Å². The Morgan fingerprint density at radius 2 is 1.37 bits per heavy atom. The van der Waals surface area contributed by atoms with Crippen molar-refractivity contribution in [3.8, 4) is 11.5 Å². The Hall–Kier alpha value is -2.69. The first-order valence-corrected chi connectivity index (χ1v) is 10.6. The second kappa shape index (κ2) is 7.86. The summed E-state index contributed by atoms with van der Waals surface area (Å²) in [4.78, 5) is 17.4. The summed E-state index contributed by atoms with van der Waals surface area (Å²) in [6.45, 7) is 15.0. The molecule has 0 aliphatic carbocycles. The zero-order chi connectivity index (χ0) is 22.3. The molecule has 5 heteroatoms. The number of anilines is 1. The molecule has 2 N–H and O–H groups in total. The summed E-state index contributed by atoms with van der Waals surface area (Å²) in [5, 5.41) is 20.6. The van der Waals surface area contributed by atoms with E-state index in [9.17, 15) is 15.0 Å². The molecule has 2 aromatic rings. The fourth-order valence-corrected chi connectivity index (χ4v) is 3.94. The summed E-state index contributed by atoms with van der Waals surface area (Å²) in [5.41, 5.74) is 2.67. The lowest BCUT2D eigenvalue weighted by atomic mass is 9.78. The number of hydrogen-bond acceptors (Lipinski definition) is 4. The zero-order valence-corrected chi connectivity index (χ0v) is 19.0. The average molecular weight is 411 g/mol. The molecule has 1 aliphatic heterocycles. The van der Waals surface area contributed by atoms with Gasteiger partial charge in [-0.25, -0.2) is 0 Å². The van der Waals surface area contributed by atoms with Crippen molar-refractivity contribution in [1.29, 1.82) is 0 Å². The molecule has 0 bridgehead atoms. The maximum absolute atomic E-state index is 13.4. The van der Waals surface area contributed by atoms with E-state index in [1.165, 1.54) is 0 Å². The first-order chi connectivity index (χ1) is 13.9. The van der Waals surface area contributed by atoms with E-state index in [0.717, 1.165) is 16.8 Å². The topological polar surface area (TPSA) is 64.0 Å². The number of benzene rings is 2. The molecule has 1 heterocycles. The van der Waals surface area contributed by atoms with Gasteiger partial charge in [-0.2, -0.15) is 0 Å². The molecule has 1 fully saturated rings. The minimum absolute atomic E-state index is 0.00144. The lowest BCUT2D eigenvalue weighted by Gasteiger charge is -2.36. The van der Waals surface area contributed by atoms with Crippen molar-refractivity contribution < 1.29 is 15.0 Å². The van der Waals surface area contributed by atoms with E-state index in [4.69, 9.17) is 0 Å². The van der Waals surface area contributed by atoms with Crippen molar-refractivity contribution in [2.75, 3.05) is 31.1 Å². The van der Waals surface area contributed by atoms with E-state index in [0.29, 0.717) is 37.5 Å². The van der Waals surface area contributed by atoms with Crippen LogP contribution in [0.2, 0.25) is 0 Å². The minimum atomic E-state index is -0.269. The molecular weight excluding hydrogens is 376 g/mol.